The number of rotatable bonds is 15. The Balaban J connectivity index is 3.08. The standard InChI is InChI=1S/C21H36O5/c1-5-8-14-23-17-21(4,26-22)20-18(24-15-9-6-2)12-11-13-19(20)25-16-10-7-3/h11-13,22H,5-10,14-17H2,1-4H3. The van der Waals surface area contributed by atoms with Gasteiger partial charge in [0.25, 0.3) is 0 Å². The Hall–Kier alpha value is -1.30. The fourth-order valence-electron chi connectivity index (χ4n) is 2.58. The second kappa shape index (κ2) is 13.0. The Morgan fingerprint density at radius 2 is 1.35 bits per heavy atom. The van der Waals surface area contributed by atoms with E-state index in [9.17, 15) is 5.26 Å². The van der Waals surface area contributed by atoms with Crippen molar-refractivity contribution in [3.05, 3.63) is 23.8 Å². The number of hydrogen-bond donors (Lipinski definition) is 1. The first-order valence-electron chi connectivity index (χ1n) is 9.92. The van der Waals surface area contributed by atoms with Gasteiger partial charge in [0.15, 0.2) is 5.60 Å². The van der Waals surface area contributed by atoms with Crippen molar-refractivity contribution in [3.8, 4) is 11.5 Å². The lowest BCUT2D eigenvalue weighted by molar-refractivity contribution is -0.334. The first kappa shape index (κ1) is 22.7. The quantitative estimate of drug-likeness (QED) is 0.249. The molecule has 1 aromatic carbocycles. The minimum absolute atomic E-state index is 0.224. The lowest BCUT2D eigenvalue weighted by Gasteiger charge is -2.30. The van der Waals surface area contributed by atoms with Gasteiger partial charge in [-0.15, -0.1) is 0 Å². The molecule has 1 aromatic rings. The van der Waals surface area contributed by atoms with Crippen molar-refractivity contribution in [1.82, 2.24) is 0 Å². The molecule has 0 amide bonds. The van der Waals surface area contributed by atoms with Crippen molar-refractivity contribution >= 4 is 0 Å². The molecule has 0 aromatic heterocycles. The van der Waals surface area contributed by atoms with E-state index in [1.165, 1.54) is 0 Å². The molecule has 0 saturated heterocycles. The molecule has 5 heteroatoms. The predicted molar refractivity (Wildman–Crippen MR) is 104 cm³/mol. The van der Waals surface area contributed by atoms with Crippen molar-refractivity contribution in [2.45, 2.75) is 71.8 Å². The molecule has 1 rings (SSSR count). The first-order valence-corrected chi connectivity index (χ1v) is 9.92. The molecule has 5 nitrogen and oxygen atoms in total. The highest BCUT2D eigenvalue weighted by Gasteiger charge is 2.36. The van der Waals surface area contributed by atoms with Crippen LogP contribution in [0.25, 0.3) is 0 Å². The third kappa shape index (κ3) is 7.14. The summed E-state index contributed by atoms with van der Waals surface area (Å²) in [5.41, 5.74) is -0.357. The van der Waals surface area contributed by atoms with E-state index in [-0.39, 0.29) is 6.61 Å². The Morgan fingerprint density at radius 1 is 0.846 bits per heavy atom. The molecule has 150 valence electrons. The normalized spacial score (nSPS) is 13.4. The van der Waals surface area contributed by atoms with E-state index in [1.807, 2.05) is 18.2 Å². The Labute approximate surface area is 158 Å². The zero-order valence-corrected chi connectivity index (χ0v) is 16.9. The van der Waals surface area contributed by atoms with Crippen LogP contribution in [0.4, 0.5) is 0 Å². The van der Waals surface area contributed by atoms with E-state index in [2.05, 4.69) is 20.8 Å². The molecule has 26 heavy (non-hydrogen) atoms. The summed E-state index contributed by atoms with van der Waals surface area (Å²) in [4.78, 5) is 4.91. The third-order valence-corrected chi connectivity index (χ3v) is 4.25. The van der Waals surface area contributed by atoms with Gasteiger partial charge in [0.1, 0.15) is 11.5 Å². The van der Waals surface area contributed by atoms with Gasteiger partial charge < -0.3 is 14.2 Å². The summed E-state index contributed by atoms with van der Waals surface area (Å²) >= 11 is 0. The Morgan fingerprint density at radius 3 is 1.81 bits per heavy atom. The lowest BCUT2D eigenvalue weighted by Crippen LogP contribution is -2.32. The fraction of sp³-hybridized carbons (Fsp3) is 0.714. The van der Waals surface area contributed by atoms with Crippen molar-refractivity contribution in [1.29, 1.82) is 0 Å². The highest BCUT2D eigenvalue weighted by Crippen LogP contribution is 2.40. The van der Waals surface area contributed by atoms with Crippen molar-refractivity contribution in [2.75, 3.05) is 26.4 Å². The largest absolute Gasteiger partial charge is 0.493 e. The van der Waals surface area contributed by atoms with Gasteiger partial charge in [0.2, 0.25) is 0 Å². The van der Waals surface area contributed by atoms with Crippen molar-refractivity contribution in [2.24, 2.45) is 0 Å². The van der Waals surface area contributed by atoms with Crippen LogP contribution < -0.4 is 9.47 Å². The molecule has 0 radical (unpaired) electrons. The smallest absolute Gasteiger partial charge is 0.156 e. The van der Waals surface area contributed by atoms with Crippen molar-refractivity contribution < 1.29 is 24.4 Å². The topological polar surface area (TPSA) is 57.2 Å². The monoisotopic (exact) mass is 368 g/mol. The van der Waals surface area contributed by atoms with E-state index >= 15 is 0 Å². The summed E-state index contributed by atoms with van der Waals surface area (Å²) in [6.45, 7) is 10.2. The zero-order chi connectivity index (χ0) is 19.3. The first-order chi connectivity index (χ1) is 12.6. The van der Waals surface area contributed by atoms with Gasteiger partial charge in [0, 0.05) is 6.61 Å². The predicted octanol–water partition coefficient (Wildman–Crippen LogP) is 5.57. The fourth-order valence-corrected chi connectivity index (χ4v) is 2.58. The SMILES string of the molecule is CCCCOCC(C)(OO)c1c(OCCCC)cccc1OCCCC. The molecule has 0 fully saturated rings. The summed E-state index contributed by atoms with van der Waals surface area (Å²) in [6.07, 6.45) is 6.05. The number of hydrogen-bond acceptors (Lipinski definition) is 5. The summed E-state index contributed by atoms with van der Waals surface area (Å²) in [5, 5.41) is 9.70. The third-order valence-electron chi connectivity index (χ3n) is 4.25. The van der Waals surface area contributed by atoms with Crippen LogP contribution in [0.15, 0.2) is 18.2 Å². The molecule has 0 bridgehead atoms. The molecule has 0 aliphatic rings. The van der Waals surface area contributed by atoms with Crippen LogP contribution in [-0.2, 0) is 15.2 Å². The molecule has 0 saturated carbocycles. The summed E-state index contributed by atoms with van der Waals surface area (Å²) in [6, 6.07) is 5.68. The molecule has 0 heterocycles. The van der Waals surface area contributed by atoms with Gasteiger partial charge in [-0.3, -0.25) is 5.26 Å². The van der Waals surface area contributed by atoms with E-state index in [0.717, 1.165) is 38.5 Å². The van der Waals surface area contributed by atoms with Crippen molar-refractivity contribution in [3.63, 3.8) is 0 Å². The minimum Gasteiger partial charge on any atom is -0.493 e. The Bertz CT molecular complexity index is 463. The zero-order valence-electron chi connectivity index (χ0n) is 16.9. The molecule has 0 aliphatic carbocycles. The molecule has 1 unspecified atom stereocenters. The average Bonchev–Trinajstić information content (AvgIpc) is 2.65. The highest BCUT2D eigenvalue weighted by atomic mass is 17.1. The maximum atomic E-state index is 9.70. The van der Waals surface area contributed by atoms with Crippen LogP contribution >= 0.6 is 0 Å². The van der Waals surface area contributed by atoms with Crippen LogP contribution in [0.3, 0.4) is 0 Å². The maximum Gasteiger partial charge on any atom is 0.156 e. The van der Waals surface area contributed by atoms with E-state index in [4.69, 9.17) is 19.1 Å². The van der Waals surface area contributed by atoms with Crippen LogP contribution in [0.2, 0.25) is 0 Å². The number of unbranched alkanes of at least 4 members (excludes halogenated alkanes) is 3. The van der Waals surface area contributed by atoms with E-state index < -0.39 is 5.60 Å². The van der Waals surface area contributed by atoms with Gasteiger partial charge in [-0.25, -0.2) is 4.89 Å². The second-order valence-electron chi connectivity index (χ2n) is 6.76. The molecule has 0 spiro atoms. The van der Waals surface area contributed by atoms with Gasteiger partial charge in [0.05, 0.1) is 25.4 Å². The average molecular weight is 369 g/mol. The van der Waals surface area contributed by atoms with Crippen LogP contribution in [0.1, 0.15) is 71.8 Å². The minimum atomic E-state index is -1.06. The lowest BCUT2D eigenvalue weighted by atomic mass is 9.94. The molecular weight excluding hydrogens is 332 g/mol. The second-order valence-corrected chi connectivity index (χ2v) is 6.76. The summed E-state index contributed by atoms with van der Waals surface area (Å²) < 4.78 is 17.7. The highest BCUT2D eigenvalue weighted by molar-refractivity contribution is 5.48. The van der Waals surface area contributed by atoms with Crippen LogP contribution in [-0.4, -0.2) is 31.7 Å². The molecular formula is C21H36O5. The summed E-state index contributed by atoms with van der Waals surface area (Å²) in [5.74, 6) is 1.34. The van der Waals surface area contributed by atoms with Crippen LogP contribution in [0.5, 0.6) is 11.5 Å². The number of benzene rings is 1. The van der Waals surface area contributed by atoms with Gasteiger partial charge in [-0.1, -0.05) is 46.1 Å². The van der Waals surface area contributed by atoms with Gasteiger partial charge in [-0.05, 0) is 38.3 Å². The Kier molecular flexibility index (Phi) is 11.3. The van der Waals surface area contributed by atoms with Gasteiger partial charge in [-0.2, -0.15) is 0 Å². The number of ether oxygens (including phenoxy) is 3. The summed E-state index contributed by atoms with van der Waals surface area (Å²) in [7, 11) is 0. The molecule has 0 aliphatic heterocycles. The molecule has 1 N–H and O–H groups in total. The maximum absolute atomic E-state index is 9.70. The van der Waals surface area contributed by atoms with Gasteiger partial charge >= 0.3 is 0 Å². The van der Waals surface area contributed by atoms with E-state index in [0.29, 0.717) is 36.9 Å². The van der Waals surface area contributed by atoms with E-state index in [1.54, 1.807) is 6.92 Å². The molecule has 1 atom stereocenters. The van der Waals surface area contributed by atoms with Crippen LogP contribution in [0, 0.1) is 0 Å².